The van der Waals surface area contributed by atoms with Gasteiger partial charge in [-0.25, -0.2) is 0 Å². The molecule has 1 fully saturated rings. The summed E-state index contributed by atoms with van der Waals surface area (Å²) in [4.78, 5) is 13.0. The van der Waals surface area contributed by atoms with Crippen LogP contribution in [-0.2, 0) is 14.3 Å². The monoisotopic (exact) mass is 958 g/mol. The third kappa shape index (κ3) is 37.6. The molecule has 1 aliphatic rings. The predicted molar refractivity (Wildman–Crippen MR) is 289 cm³/mol. The average molecular weight is 958 g/mol. The number of allylic oxidation sites excluding steroid dienone is 23. The number of rotatable bonds is 42. The Balaban J connectivity index is 2.21. The summed E-state index contributed by atoms with van der Waals surface area (Å²) in [6, 6.07) is -0.844. The van der Waals surface area contributed by atoms with Gasteiger partial charge in [-0.2, -0.15) is 0 Å². The van der Waals surface area contributed by atoms with E-state index in [-0.39, 0.29) is 12.5 Å². The fraction of sp³-hybridized carbons (Fsp3) is 0.583. The molecule has 0 spiro atoms. The number of hydrogen-bond acceptors (Lipinski definition) is 8. The minimum Gasteiger partial charge on any atom is -0.394 e. The van der Waals surface area contributed by atoms with Crippen LogP contribution < -0.4 is 5.32 Å². The lowest BCUT2D eigenvalue weighted by molar-refractivity contribution is -0.302. The molecule has 0 aromatic carbocycles. The van der Waals surface area contributed by atoms with E-state index in [1.54, 1.807) is 6.08 Å². The quantitative estimate of drug-likeness (QED) is 0.0262. The number of carbonyl (C=O) groups excluding carboxylic acids is 1. The molecule has 1 heterocycles. The molecule has 9 nitrogen and oxygen atoms in total. The summed E-state index contributed by atoms with van der Waals surface area (Å²) in [5, 5.41) is 54.2. The third-order valence-electron chi connectivity index (χ3n) is 11.4. The summed E-state index contributed by atoms with van der Waals surface area (Å²) in [6.07, 6.45) is 67.7. The van der Waals surface area contributed by atoms with E-state index in [1.165, 1.54) is 19.3 Å². The molecule has 9 heteroatoms. The van der Waals surface area contributed by atoms with E-state index in [9.17, 15) is 30.3 Å². The van der Waals surface area contributed by atoms with Crippen LogP contribution in [0.5, 0.6) is 0 Å². The van der Waals surface area contributed by atoms with E-state index >= 15 is 0 Å². The number of nitrogens with one attached hydrogen (secondary N) is 1. The molecule has 0 bridgehead atoms. The molecule has 7 unspecified atom stereocenters. The zero-order valence-electron chi connectivity index (χ0n) is 42.7. The zero-order valence-corrected chi connectivity index (χ0v) is 42.7. The van der Waals surface area contributed by atoms with Crippen LogP contribution in [0.3, 0.4) is 0 Å². The van der Waals surface area contributed by atoms with Gasteiger partial charge in [0.2, 0.25) is 5.91 Å². The first kappa shape index (κ1) is 63.1. The molecule has 69 heavy (non-hydrogen) atoms. The van der Waals surface area contributed by atoms with Crippen molar-refractivity contribution in [1.82, 2.24) is 5.32 Å². The first-order valence-corrected chi connectivity index (χ1v) is 26.6. The van der Waals surface area contributed by atoms with Crippen molar-refractivity contribution < 1.29 is 39.8 Å². The van der Waals surface area contributed by atoms with E-state index in [0.717, 1.165) is 122 Å². The van der Waals surface area contributed by atoms with Crippen LogP contribution >= 0.6 is 0 Å². The lowest BCUT2D eigenvalue weighted by Gasteiger charge is -2.40. The second-order valence-corrected chi connectivity index (χ2v) is 17.6. The van der Waals surface area contributed by atoms with Crippen LogP contribution in [0.25, 0.3) is 0 Å². The van der Waals surface area contributed by atoms with Crippen molar-refractivity contribution in [3.05, 3.63) is 146 Å². The molecule has 0 saturated carbocycles. The molecule has 7 atom stereocenters. The summed E-state index contributed by atoms with van der Waals surface area (Å²) in [5.41, 5.74) is 0. The average Bonchev–Trinajstić information content (AvgIpc) is 3.35. The molecule has 0 radical (unpaired) electrons. The van der Waals surface area contributed by atoms with Gasteiger partial charge in [0.05, 0.1) is 25.4 Å². The highest BCUT2D eigenvalue weighted by Gasteiger charge is 2.44. The Morgan fingerprint density at radius 2 is 0.913 bits per heavy atom. The smallest absolute Gasteiger partial charge is 0.220 e. The van der Waals surface area contributed by atoms with Crippen LogP contribution in [0.15, 0.2) is 146 Å². The van der Waals surface area contributed by atoms with E-state index in [4.69, 9.17) is 9.47 Å². The Bertz CT molecular complexity index is 1580. The molecule has 6 N–H and O–H groups in total. The molecule has 1 rings (SSSR count). The number of amides is 1. The summed E-state index contributed by atoms with van der Waals surface area (Å²) in [6.45, 7) is 3.52. The molecule has 1 saturated heterocycles. The standard InChI is InChI=1S/C60H95NO8/c1-3-5-7-9-11-13-15-16-17-18-19-20-21-22-23-24-25-26-27-28-29-30-31-32-33-34-35-36-37-38-40-42-44-46-48-50-56(64)61-53(52-68-60-59(67)58(66)57(65)55(51-62)69-60)54(63)49-47-45-43-41-39-14-12-10-8-6-4-2/h5,7-8,10-11,13,16-17,19-20,22-23,25-26,28-29,31-32,34-35,39,41,47,49,53-55,57-60,62-63,65-67H,3-4,6,9,12,14-15,18,21,24,27,30,33,36-38,40,42-46,48,50-52H2,1-2H3,(H,61,64)/b7-5-,10-8+,13-11-,17-16-,20-19-,23-22-,26-25-,29-28-,32-31-,35-34-,41-39+,49-47+. The van der Waals surface area contributed by atoms with Gasteiger partial charge in [0.1, 0.15) is 24.4 Å². The Morgan fingerprint density at radius 1 is 0.507 bits per heavy atom. The second kappa shape index (κ2) is 47.7. The fourth-order valence-electron chi connectivity index (χ4n) is 7.19. The third-order valence-corrected chi connectivity index (χ3v) is 11.4. The summed E-state index contributed by atoms with van der Waals surface area (Å²) in [7, 11) is 0. The van der Waals surface area contributed by atoms with Crippen LogP contribution in [0.4, 0.5) is 0 Å². The van der Waals surface area contributed by atoms with Gasteiger partial charge in [0.15, 0.2) is 6.29 Å². The molecule has 1 amide bonds. The number of ether oxygens (including phenoxy) is 2. The van der Waals surface area contributed by atoms with Gasteiger partial charge in [-0.15, -0.1) is 0 Å². The minimum absolute atomic E-state index is 0.212. The number of carbonyl (C=O) groups is 1. The Labute approximate surface area is 419 Å². The van der Waals surface area contributed by atoms with Gasteiger partial charge in [0.25, 0.3) is 0 Å². The van der Waals surface area contributed by atoms with Crippen molar-refractivity contribution in [3.63, 3.8) is 0 Å². The maximum Gasteiger partial charge on any atom is 0.220 e. The maximum absolute atomic E-state index is 13.0. The highest BCUT2D eigenvalue weighted by molar-refractivity contribution is 5.76. The van der Waals surface area contributed by atoms with E-state index in [0.29, 0.717) is 12.8 Å². The van der Waals surface area contributed by atoms with Crippen LogP contribution in [-0.4, -0.2) is 87.5 Å². The number of aliphatic hydroxyl groups is 5. The van der Waals surface area contributed by atoms with E-state index in [1.807, 2.05) is 6.08 Å². The number of unbranched alkanes of at least 4 members (excludes halogenated alkanes) is 10. The first-order valence-electron chi connectivity index (χ1n) is 26.6. The van der Waals surface area contributed by atoms with Crippen molar-refractivity contribution >= 4 is 5.91 Å². The fourth-order valence-corrected chi connectivity index (χ4v) is 7.19. The number of hydrogen-bond donors (Lipinski definition) is 6. The Kier molecular flexibility index (Phi) is 43.6. The first-order chi connectivity index (χ1) is 33.8. The minimum atomic E-state index is -1.58. The van der Waals surface area contributed by atoms with E-state index in [2.05, 4.69) is 153 Å². The maximum atomic E-state index is 13.0. The lowest BCUT2D eigenvalue weighted by Crippen LogP contribution is -2.60. The molecular formula is C60H95NO8. The van der Waals surface area contributed by atoms with Gasteiger partial charge in [-0.3, -0.25) is 4.79 Å². The molecule has 0 aliphatic carbocycles. The lowest BCUT2D eigenvalue weighted by atomic mass is 9.99. The summed E-state index contributed by atoms with van der Waals surface area (Å²) in [5.74, 6) is -0.212. The van der Waals surface area contributed by atoms with Gasteiger partial charge < -0.3 is 40.3 Å². The summed E-state index contributed by atoms with van der Waals surface area (Å²) >= 11 is 0. The Hall–Kier alpha value is -3.93. The number of aliphatic hydroxyl groups excluding tert-OH is 5. The highest BCUT2D eigenvalue weighted by Crippen LogP contribution is 2.22. The van der Waals surface area contributed by atoms with Gasteiger partial charge in [-0.05, 0) is 109 Å². The van der Waals surface area contributed by atoms with Crippen molar-refractivity contribution in [2.75, 3.05) is 13.2 Å². The van der Waals surface area contributed by atoms with Crippen LogP contribution in [0, 0.1) is 0 Å². The molecule has 0 aromatic heterocycles. The zero-order chi connectivity index (χ0) is 50.1. The van der Waals surface area contributed by atoms with Crippen molar-refractivity contribution in [2.24, 2.45) is 0 Å². The molecule has 0 aromatic rings. The molecule has 388 valence electrons. The highest BCUT2D eigenvalue weighted by atomic mass is 16.7. The topological polar surface area (TPSA) is 149 Å². The van der Waals surface area contributed by atoms with Gasteiger partial charge in [0, 0.05) is 6.42 Å². The molecular weight excluding hydrogens is 863 g/mol. The normalized spacial score (nSPS) is 20.7. The van der Waals surface area contributed by atoms with Crippen molar-refractivity contribution in [2.45, 2.75) is 211 Å². The van der Waals surface area contributed by atoms with Gasteiger partial charge in [-0.1, -0.05) is 198 Å². The largest absolute Gasteiger partial charge is 0.394 e. The Morgan fingerprint density at radius 3 is 1.38 bits per heavy atom. The van der Waals surface area contributed by atoms with Crippen molar-refractivity contribution in [3.8, 4) is 0 Å². The van der Waals surface area contributed by atoms with Crippen molar-refractivity contribution in [1.29, 1.82) is 0 Å². The summed E-state index contributed by atoms with van der Waals surface area (Å²) < 4.78 is 11.2. The predicted octanol–water partition coefficient (Wildman–Crippen LogP) is 12.7. The molecule has 1 aliphatic heterocycles. The SMILES string of the molecule is CC/C=C\C/C=C\C/C=C\C/C=C\C/C=C\C/C=C\C/C=C\C/C=C\C/C=C\CCCCCCCCCC(=O)NC(COC1OC(CO)C(O)C(O)C1O)C(O)/C=C/CC/C=C/CC/C=C/CCC. The van der Waals surface area contributed by atoms with Crippen LogP contribution in [0.1, 0.15) is 168 Å². The van der Waals surface area contributed by atoms with Crippen LogP contribution in [0.2, 0.25) is 0 Å². The van der Waals surface area contributed by atoms with Gasteiger partial charge >= 0.3 is 0 Å². The second-order valence-electron chi connectivity index (χ2n) is 17.6. The van der Waals surface area contributed by atoms with E-state index < -0.39 is 49.5 Å².